The highest BCUT2D eigenvalue weighted by Gasteiger charge is 2.22. The van der Waals surface area contributed by atoms with Gasteiger partial charge in [0.05, 0.1) is 18.9 Å². The van der Waals surface area contributed by atoms with E-state index < -0.39 is 0 Å². The number of thioether (sulfide) groups is 1. The molecule has 3 heterocycles. The van der Waals surface area contributed by atoms with Gasteiger partial charge in [-0.2, -0.15) is 0 Å². The first-order valence-corrected chi connectivity index (χ1v) is 11.6. The summed E-state index contributed by atoms with van der Waals surface area (Å²) in [4.78, 5) is 2.23. The Labute approximate surface area is 187 Å². The van der Waals surface area contributed by atoms with Crippen LogP contribution >= 0.6 is 27.7 Å². The Bertz CT molecular complexity index is 1020. The zero-order valence-corrected chi connectivity index (χ0v) is 18.7. The molecule has 7 nitrogen and oxygen atoms in total. The molecule has 2 aromatic carbocycles. The summed E-state index contributed by atoms with van der Waals surface area (Å²) in [5, 5.41) is 9.90. The van der Waals surface area contributed by atoms with Crippen molar-refractivity contribution in [1.82, 2.24) is 14.8 Å². The standard InChI is InChI=1S/C21H21BrN4O3S/c22-17-13-19-18(28-10-11-29-19)12-15(17)14-30-21-24-23-20(25-6-8-27-9-7-25)26(21)16-4-2-1-3-5-16/h1-5,12-13H,6-11,14H2. The number of hydrogen-bond acceptors (Lipinski definition) is 7. The highest BCUT2D eigenvalue weighted by molar-refractivity contribution is 9.10. The number of aromatic nitrogens is 3. The molecule has 30 heavy (non-hydrogen) atoms. The van der Waals surface area contributed by atoms with E-state index >= 15 is 0 Å². The minimum atomic E-state index is 0.576. The van der Waals surface area contributed by atoms with E-state index in [2.05, 4.69) is 47.7 Å². The number of morpholine rings is 1. The van der Waals surface area contributed by atoms with Crippen LogP contribution in [0.25, 0.3) is 5.69 Å². The third kappa shape index (κ3) is 4.01. The second-order valence-corrected chi connectivity index (χ2v) is 8.73. The molecule has 0 saturated carbocycles. The Kier molecular flexibility index (Phi) is 5.83. The van der Waals surface area contributed by atoms with E-state index in [-0.39, 0.29) is 0 Å². The lowest BCUT2D eigenvalue weighted by atomic mass is 10.2. The molecule has 5 rings (SSSR count). The van der Waals surface area contributed by atoms with E-state index in [1.807, 2.05) is 30.3 Å². The van der Waals surface area contributed by atoms with Crippen molar-refractivity contribution in [3.63, 3.8) is 0 Å². The van der Waals surface area contributed by atoms with Gasteiger partial charge < -0.3 is 19.1 Å². The van der Waals surface area contributed by atoms with Crippen molar-refractivity contribution in [3.8, 4) is 17.2 Å². The molecule has 0 bridgehead atoms. The average Bonchev–Trinajstić information content (AvgIpc) is 3.23. The molecule has 2 aliphatic heterocycles. The Balaban J connectivity index is 1.44. The largest absolute Gasteiger partial charge is 0.486 e. The fourth-order valence-electron chi connectivity index (χ4n) is 3.49. The Morgan fingerprint density at radius 2 is 1.67 bits per heavy atom. The molecule has 0 amide bonds. The van der Waals surface area contributed by atoms with Crippen LogP contribution in [0.3, 0.4) is 0 Å². The molecule has 3 aromatic rings. The normalized spacial score (nSPS) is 16.0. The number of anilines is 1. The minimum Gasteiger partial charge on any atom is -0.486 e. The fourth-order valence-corrected chi connectivity index (χ4v) is 5.07. The van der Waals surface area contributed by atoms with Crippen molar-refractivity contribution in [2.75, 3.05) is 44.4 Å². The summed E-state index contributed by atoms with van der Waals surface area (Å²) in [6.45, 7) is 4.18. The lowest BCUT2D eigenvalue weighted by Gasteiger charge is -2.27. The van der Waals surface area contributed by atoms with Gasteiger partial charge in [0.2, 0.25) is 5.95 Å². The Morgan fingerprint density at radius 3 is 2.43 bits per heavy atom. The van der Waals surface area contributed by atoms with E-state index in [0.29, 0.717) is 26.4 Å². The van der Waals surface area contributed by atoms with Gasteiger partial charge in [0, 0.05) is 23.3 Å². The molecule has 1 aromatic heterocycles. The first-order valence-electron chi connectivity index (χ1n) is 9.84. The lowest BCUT2D eigenvalue weighted by molar-refractivity contribution is 0.122. The Hall–Kier alpha value is -2.23. The van der Waals surface area contributed by atoms with E-state index in [4.69, 9.17) is 14.2 Å². The molecular formula is C21H21BrN4O3S. The van der Waals surface area contributed by atoms with E-state index in [9.17, 15) is 0 Å². The van der Waals surface area contributed by atoms with Gasteiger partial charge in [-0.15, -0.1) is 10.2 Å². The van der Waals surface area contributed by atoms with Gasteiger partial charge in [-0.05, 0) is 29.8 Å². The smallest absolute Gasteiger partial charge is 0.232 e. The molecule has 156 valence electrons. The fraction of sp³-hybridized carbons (Fsp3) is 0.333. The van der Waals surface area contributed by atoms with Crippen molar-refractivity contribution < 1.29 is 14.2 Å². The van der Waals surface area contributed by atoms with Crippen LogP contribution in [0.15, 0.2) is 52.1 Å². The number of hydrogen-bond donors (Lipinski definition) is 0. The summed E-state index contributed by atoms with van der Waals surface area (Å²) in [5.74, 6) is 3.15. The van der Waals surface area contributed by atoms with Crippen LogP contribution in [0.2, 0.25) is 0 Å². The number of benzene rings is 2. The summed E-state index contributed by atoms with van der Waals surface area (Å²) < 4.78 is 20.0. The van der Waals surface area contributed by atoms with Gasteiger partial charge in [-0.1, -0.05) is 45.9 Å². The predicted molar refractivity (Wildman–Crippen MR) is 119 cm³/mol. The van der Waals surface area contributed by atoms with Crippen LogP contribution < -0.4 is 14.4 Å². The molecule has 0 spiro atoms. The van der Waals surface area contributed by atoms with Crippen molar-refractivity contribution in [2.45, 2.75) is 10.9 Å². The van der Waals surface area contributed by atoms with E-state index in [0.717, 1.165) is 57.2 Å². The number of para-hydroxylation sites is 1. The summed E-state index contributed by atoms with van der Waals surface area (Å²) in [7, 11) is 0. The zero-order valence-electron chi connectivity index (χ0n) is 16.3. The summed E-state index contributed by atoms with van der Waals surface area (Å²) in [6.07, 6.45) is 0. The summed E-state index contributed by atoms with van der Waals surface area (Å²) in [5.41, 5.74) is 2.17. The molecule has 0 aliphatic carbocycles. The molecule has 1 saturated heterocycles. The predicted octanol–water partition coefficient (Wildman–Crippen LogP) is 3.93. The number of rotatable bonds is 5. The van der Waals surface area contributed by atoms with Crippen molar-refractivity contribution in [1.29, 1.82) is 0 Å². The van der Waals surface area contributed by atoms with Gasteiger partial charge in [-0.3, -0.25) is 4.57 Å². The highest BCUT2D eigenvalue weighted by Crippen LogP contribution is 2.38. The summed E-state index contributed by atoms with van der Waals surface area (Å²) >= 11 is 5.32. The molecule has 0 radical (unpaired) electrons. The molecule has 2 aliphatic rings. The molecule has 9 heteroatoms. The highest BCUT2D eigenvalue weighted by atomic mass is 79.9. The maximum Gasteiger partial charge on any atom is 0.232 e. The molecule has 1 fully saturated rings. The van der Waals surface area contributed by atoms with Crippen LogP contribution in [0.1, 0.15) is 5.56 Å². The molecule has 0 unspecified atom stereocenters. The first kappa shape index (κ1) is 19.7. The van der Waals surface area contributed by atoms with Gasteiger partial charge in [-0.25, -0.2) is 0 Å². The van der Waals surface area contributed by atoms with Crippen LogP contribution in [0.5, 0.6) is 11.5 Å². The molecule has 0 N–H and O–H groups in total. The van der Waals surface area contributed by atoms with Crippen LogP contribution in [-0.4, -0.2) is 54.3 Å². The third-order valence-corrected chi connectivity index (χ3v) is 6.71. The van der Waals surface area contributed by atoms with Crippen LogP contribution in [-0.2, 0) is 10.5 Å². The van der Waals surface area contributed by atoms with Crippen molar-refractivity contribution in [3.05, 3.63) is 52.5 Å². The Morgan fingerprint density at radius 1 is 0.933 bits per heavy atom. The van der Waals surface area contributed by atoms with Crippen molar-refractivity contribution in [2.24, 2.45) is 0 Å². The summed E-state index contributed by atoms with van der Waals surface area (Å²) in [6, 6.07) is 14.3. The minimum absolute atomic E-state index is 0.576. The van der Waals surface area contributed by atoms with Gasteiger partial charge in [0.1, 0.15) is 13.2 Å². The van der Waals surface area contributed by atoms with E-state index in [1.165, 1.54) is 0 Å². The maximum absolute atomic E-state index is 5.74. The number of ether oxygens (including phenoxy) is 3. The SMILES string of the molecule is Brc1cc2c(cc1CSc1nnc(N3CCOCC3)n1-c1ccccc1)OCCO2. The van der Waals surface area contributed by atoms with Crippen LogP contribution in [0.4, 0.5) is 5.95 Å². The second kappa shape index (κ2) is 8.87. The van der Waals surface area contributed by atoms with Crippen LogP contribution in [0, 0.1) is 0 Å². The van der Waals surface area contributed by atoms with E-state index in [1.54, 1.807) is 11.8 Å². The lowest BCUT2D eigenvalue weighted by Crippen LogP contribution is -2.37. The number of nitrogens with zero attached hydrogens (tertiary/aromatic N) is 4. The van der Waals surface area contributed by atoms with Crippen molar-refractivity contribution >= 4 is 33.6 Å². The number of halogens is 1. The van der Waals surface area contributed by atoms with Gasteiger partial charge in [0.25, 0.3) is 0 Å². The molecule has 0 atom stereocenters. The quantitative estimate of drug-likeness (QED) is 0.504. The topological polar surface area (TPSA) is 61.6 Å². The average molecular weight is 489 g/mol. The third-order valence-electron chi connectivity index (χ3n) is 4.99. The second-order valence-electron chi connectivity index (χ2n) is 6.93. The van der Waals surface area contributed by atoms with Gasteiger partial charge >= 0.3 is 0 Å². The van der Waals surface area contributed by atoms with Gasteiger partial charge in [0.15, 0.2) is 16.7 Å². The maximum atomic E-state index is 5.74. The monoisotopic (exact) mass is 488 g/mol. The molecular weight excluding hydrogens is 468 g/mol. The first-order chi connectivity index (χ1) is 14.8. The zero-order chi connectivity index (χ0) is 20.3. The number of fused-ring (bicyclic) bond motifs is 1.